The zero-order valence-corrected chi connectivity index (χ0v) is 14.4. The van der Waals surface area contributed by atoms with Gasteiger partial charge in [0.2, 0.25) is 0 Å². The van der Waals surface area contributed by atoms with E-state index in [0.717, 1.165) is 6.42 Å². The summed E-state index contributed by atoms with van der Waals surface area (Å²) in [6.07, 6.45) is 1.61. The molecule has 0 spiro atoms. The lowest BCUT2D eigenvalue weighted by atomic mass is 9.97. The highest BCUT2D eigenvalue weighted by molar-refractivity contribution is 7.91. The molecule has 2 unspecified atom stereocenters. The van der Waals surface area contributed by atoms with Crippen LogP contribution in [0.15, 0.2) is 24.3 Å². The molecule has 0 radical (unpaired) electrons. The molecule has 1 aromatic rings. The average molecular weight is 323 g/mol. The Hall–Kier alpha value is -1.36. The second-order valence-corrected chi connectivity index (χ2v) is 8.31. The van der Waals surface area contributed by atoms with Crippen molar-refractivity contribution in [3.05, 3.63) is 35.4 Å². The summed E-state index contributed by atoms with van der Waals surface area (Å²) in [5.74, 6) is 0.693. The van der Waals surface area contributed by atoms with Gasteiger partial charge in [-0.1, -0.05) is 26.0 Å². The van der Waals surface area contributed by atoms with Gasteiger partial charge in [-0.25, -0.2) is 8.42 Å². The zero-order valence-electron chi connectivity index (χ0n) is 13.6. The molecule has 2 atom stereocenters. The normalized spacial score (nSPS) is 21.5. The first-order chi connectivity index (χ1) is 10.4. The van der Waals surface area contributed by atoms with E-state index in [0.29, 0.717) is 24.4 Å². The summed E-state index contributed by atoms with van der Waals surface area (Å²) in [6.45, 7) is 6.74. The Morgan fingerprint density at radius 3 is 2.36 bits per heavy atom. The number of hydrogen-bond donors (Lipinski definition) is 0. The molecule has 1 heterocycles. The fraction of sp³-hybridized carbons (Fsp3) is 0.588. The molecule has 22 heavy (non-hydrogen) atoms. The van der Waals surface area contributed by atoms with Crippen LogP contribution in [-0.2, 0) is 9.84 Å². The third kappa shape index (κ3) is 3.69. The van der Waals surface area contributed by atoms with E-state index in [1.807, 2.05) is 31.2 Å². The Morgan fingerprint density at radius 1 is 1.27 bits per heavy atom. The van der Waals surface area contributed by atoms with Gasteiger partial charge in [0.25, 0.3) is 5.91 Å². The third-order valence-corrected chi connectivity index (χ3v) is 6.34. The van der Waals surface area contributed by atoms with Gasteiger partial charge in [-0.15, -0.1) is 0 Å². The summed E-state index contributed by atoms with van der Waals surface area (Å²) >= 11 is 0. The van der Waals surface area contributed by atoms with Crippen LogP contribution in [0.5, 0.6) is 0 Å². The van der Waals surface area contributed by atoms with Crippen LogP contribution in [0.25, 0.3) is 0 Å². The van der Waals surface area contributed by atoms with Crippen LogP contribution in [0.2, 0.25) is 0 Å². The molecule has 122 valence electrons. The van der Waals surface area contributed by atoms with Gasteiger partial charge < -0.3 is 4.90 Å². The standard InChI is InChI=1S/C17H25NO3S/c1-4-13(3)14-6-8-15(9-7-14)17(19)18(5-2)16-10-11-22(20,21)12-16/h6-9,13,16H,4-5,10-12H2,1-3H3. The van der Waals surface area contributed by atoms with E-state index in [1.165, 1.54) is 5.56 Å². The predicted octanol–water partition coefficient (Wildman–Crippen LogP) is 2.85. The van der Waals surface area contributed by atoms with Crippen molar-refractivity contribution in [3.63, 3.8) is 0 Å². The molecular weight excluding hydrogens is 298 g/mol. The molecule has 0 saturated carbocycles. The summed E-state index contributed by atoms with van der Waals surface area (Å²) in [7, 11) is -2.98. The van der Waals surface area contributed by atoms with E-state index in [4.69, 9.17) is 0 Å². The fourth-order valence-corrected chi connectivity index (χ4v) is 4.68. The van der Waals surface area contributed by atoms with Gasteiger partial charge in [-0.3, -0.25) is 4.79 Å². The molecule has 1 aliphatic rings. The summed E-state index contributed by atoms with van der Waals surface area (Å²) < 4.78 is 23.3. The Kier molecular flexibility index (Phi) is 5.27. The quantitative estimate of drug-likeness (QED) is 0.837. The molecule has 5 heteroatoms. The highest BCUT2D eigenvalue weighted by Gasteiger charge is 2.34. The maximum Gasteiger partial charge on any atom is 0.254 e. The van der Waals surface area contributed by atoms with Crippen LogP contribution in [0.3, 0.4) is 0 Å². The number of rotatable bonds is 5. The van der Waals surface area contributed by atoms with Gasteiger partial charge >= 0.3 is 0 Å². The fourth-order valence-electron chi connectivity index (χ4n) is 2.94. The smallest absolute Gasteiger partial charge is 0.254 e. The summed E-state index contributed by atoms with van der Waals surface area (Å²) in [5.41, 5.74) is 1.86. The van der Waals surface area contributed by atoms with Crippen LogP contribution in [0, 0.1) is 0 Å². The van der Waals surface area contributed by atoms with Crippen molar-refractivity contribution < 1.29 is 13.2 Å². The Morgan fingerprint density at radius 2 is 1.91 bits per heavy atom. The van der Waals surface area contributed by atoms with Crippen LogP contribution in [0.4, 0.5) is 0 Å². The molecular formula is C17H25NO3S. The van der Waals surface area contributed by atoms with E-state index in [1.54, 1.807) is 4.90 Å². The molecule has 1 saturated heterocycles. The lowest BCUT2D eigenvalue weighted by Gasteiger charge is -2.27. The van der Waals surface area contributed by atoms with Crippen molar-refractivity contribution in [1.29, 1.82) is 0 Å². The monoisotopic (exact) mass is 323 g/mol. The van der Waals surface area contributed by atoms with Crippen molar-refractivity contribution in [1.82, 2.24) is 4.90 Å². The Bertz CT molecular complexity index is 622. The molecule has 4 nitrogen and oxygen atoms in total. The molecule has 1 fully saturated rings. The minimum Gasteiger partial charge on any atom is -0.335 e. The molecule has 1 aromatic carbocycles. The maximum atomic E-state index is 12.7. The molecule has 0 N–H and O–H groups in total. The number of sulfone groups is 1. The van der Waals surface area contributed by atoms with Gasteiger partial charge in [0.05, 0.1) is 11.5 Å². The molecule has 1 amide bonds. The van der Waals surface area contributed by atoms with Crippen LogP contribution in [0.1, 0.15) is 55.5 Å². The van der Waals surface area contributed by atoms with E-state index >= 15 is 0 Å². The van der Waals surface area contributed by atoms with Crippen molar-refractivity contribution in [2.24, 2.45) is 0 Å². The van der Waals surface area contributed by atoms with Gasteiger partial charge in [0, 0.05) is 18.2 Å². The highest BCUT2D eigenvalue weighted by Crippen LogP contribution is 2.22. The van der Waals surface area contributed by atoms with Crippen molar-refractivity contribution in [3.8, 4) is 0 Å². The summed E-state index contributed by atoms with van der Waals surface area (Å²) in [5, 5.41) is 0. The lowest BCUT2D eigenvalue weighted by Crippen LogP contribution is -2.40. The number of carbonyl (C=O) groups excluding carboxylic acids is 1. The molecule has 2 rings (SSSR count). The Labute approximate surface area is 133 Å². The average Bonchev–Trinajstić information content (AvgIpc) is 2.87. The molecule has 0 aromatic heterocycles. The first-order valence-corrected chi connectivity index (χ1v) is 9.81. The predicted molar refractivity (Wildman–Crippen MR) is 88.9 cm³/mol. The Balaban J connectivity index is 2.15. The van der Waals surface area contributed by atoms with Crippen LogP contribution in [-0.4, -0.2) is 43.3 Å². The minimum absolute atomic E-state index is 0.0692. The number of amides is 1. The number of carbonyl (C=O) groups is 1. The molecule has 1 aliphatic heterocycles. The maximum absolute atomic E-state index is 12.7. The minimum atomic E-state index is -2.98. The zero-order chi connectivity index (χ0) is 16.3. The van der Waals surface area contributed by atoms with E-state index < -0.39 is 9.84 Å². The molecule has 0 aliphatic carbocycles. The molecule has 0 bridgehead atoms. The van der Waals surface area contributed by atoms with E-state index in [-0.39, 0.29) is 23.5 Å². The first kappa shape index (κ1) is 17.0. The van der Waals surface area contributed by atoms with Crippen LogP contribution < -0.4 is 0 Å². The number of benzene rings is 1. The van der Waals surface area contributed by atoms with Crippen molar-refractivity contribution in [2.45, 2.75) is 45.6 Å². The second kappa shape index (κ2) is 6.82. The van der Waals surface area contributed by atoms with E-state index in [9.17, 15) is 13.2 Å². The van der Waals surface area contributed by atoms with Gasteiger partial charge in [-0.05, 0) is 43.4 Å². The second-order valence-electron chi connectivity index (χ2n) is 6.08. The lowest BCUT2D eigenvalue weighted by molar-refractivity contribution is 0.0708. The van der Waals surface area contributed by atoms with Gasteiger partial charge in [0.15, 0.2) is 9.84 Å². The summed E-state index contributed by atoms with van der Waals surface area (Å²) in [4.78, 5) is 14.4. The number of hydrogen-bond acceptors (Lipinski definition) is 3. The van der Waals surface area contributed by atoms with Gasteiger partial charge in [0.1, 0.15) is 0 Å². The third-order valence-electron chi connectivity index (χ3n) is 4.59. The first-order valence-electron chi connectivity index (χ1n) is 7.99. The largest absolute Gasteiger partial charge is 0.335 e. The topological polar surface area (TPSA) is 54.5 Å². The number of nitrogens with zero attached hydrogens (tertiary/aromatic N) is 1. The van der Waals surface area contributed by atoms with E-state index in [2.05, 4.69) is 13.8 Å². The van der Waals surface area contributed by atoms with Crippen LogP contribution >= 0.6 is 0 Å². The van der Waals surface area contributed by atoms with Gasteiger partial charge in [-0.2, -0.15) is 0 Å². The summed E-state index contributed by atoms with van der Waals surface area (Å²) in [6, 6.07) is 7.53. The highest BCUT2D eigenvalue weighted by atomic mass is 32.2. The van der Waals surface area contributed by atoms with Crippen molar-refractivity contribution in [2.75, 3.05) is 18.1 Å². The van der Waals surface area contributed by atoms with Crippen molar-refractivity contribution >= 4 is 15.7 Å². The SMILES string of the molecule is CCC(C)c1ccc(C(=O)N(CC)C2CCS(=O)(=O)C2)cc1.